The molecule has 140 valence electrons. The second-order valence-electron chi connectivity index (χ2n) is 6.44. The van der Waals surface area contributed by atoms with Crippen LogP contribution in [0, 0.1) is 0 Å². The van der Waals surface area contributed by atoms with Gasteiger partial charge in [-0.25, -0.2) is 4.98 Å². The molecular formula is C16H23N7O3. The van der Waals surface area contributed by atoms with E-state index in [1.54, 1.807) is 18.7 Å². The molecule has 2 aliphatic rings. The third-order valence-electron chi connectivity index (χ3n) is 4.81. The van der Waals surface area contributed by atoms with Gasteiger partial charge in [0.05, 0.1) is 19.8 Å². The molecule has 1 amide bonds. The molecule has 4 rings (SSSR count). The number of hydrogen-bond donors (Lipinski definition) is 0. The molecule has 0 N–H and O–H groups in total. The van der Waals surface area contributed by atoms with E-state index in [1.165, 1.54) is 0 Å². The van der Waals surface area contributed by atoms with E-state index in [9.17, 15) is 4.79 Å². The van der Waals surface area contributed by atoms with Crippen LogP contribution in [-0.4, -0.2) is 94.7 Å². The molecule has 0 aliphatic carbocycles. The molecule has 0 radical (unpaired) electrons. The van der Waals surface area contributed by atoms with E-state index in [4.69, 9.17) is 9.26 Å². The first-order valence-electron chi connectivity index (χ1n) is 8.93. The number of anilines is 1. The molecule has 26 heavy (non-hydrogen) atoms. The van der Waals surface area contributed by atoms with Crippen molar-refractivity contribution in [1.82, 2.24) is 29.7 Å². The van der Waals surface area contributed by atoms with Crippen LogP contribution in [0.1, 0.15) is 10.6 Å². The first kappa shape index (κ1) is 17.0. The number of amides is 1. The summed E-state index contributed by atoms with van der Waals surface area (Å²) < 4.78 is 12.5. The summed E-state index contributed by atoms with van der Waals surface area (Å²) in [6.07, 6.45) is 3.26. The Morgan fingerprint density at radius 1 is 1.08 bits per heavy atom. The Labute approximate surface area is 151 Å². The molecule has 2 aliphatic heterocycles. The number of carbonyl (C=O) groups excluding carboxylic acids is 1. The molecular weight excluding hydrogens is 338 g/mol. The lowest BCUT2D eigenvalue weighted by Crippen LogP contribution is -2.49. The molecule has 2 fully saturated rings. The van der Waals surface area contributed by atoms with E-state index in [1.807, 2.05) is 9.58 Å². The van der Waals surface area contributed by atoms with E-state index in [-0.39, 0.29) is 5.91 Å². The smallest absolute Gasteiger partial charge is 0.292 e. The molecule has 4 heterocycles. The topological polar surface area (TPSA) is 92.8 Å². The van der Waals surface area contributed by atoms with Crippen molar-refractivity contribution in [1.29, 1.82) is 0 Å². The van der Waals surface area contributed by atoms with Crippen LogP contribution in [0.3, 0.4) is 0 Å². The van der Waals surface area contributed by atoms with Gasteiger partial charge in [-0.3, -0.25) is 14.4 Å². The monoisotopic (exact) mass is 361 g/mol. The summed E-state index contributed by atoms with van der Waals surface area (Å²) in [4.78, 5) is 22.8. The van der Waals surface area contributed by atoms with Crippen LogP contribution in [0.25, 0.3) is 0 Å². The lowest BCUT2D eigenvalue weighted by Gasteiger charge is -2.34. The van der Waals surface area contributed by atoms with Gasteiger partial charge in [0.25, 0.3) is 5.91 Å². The fourth-order valence-corrected chi connectivity index (χ4v) is 3.23. The first-order chi connectivity index (χ1) is 12.8. The lowest BCUT2D eigenvalue weighted by atomic mass is 10.2. The van der Waals surface area contributed by atoms with Gasteiger partial charge in [-0.15, -0.1) is 0 Å². The number of piperazine rings is 1. The van der Waals surface area contributed by atoms with Crippen LogP contribution >= 0.6 is 0 Å². The van der Waals surface area contributed by atoms with E-state index in [0.717, 1.165) is 39.3 Å². The van der Waals surface area contributed by atoms with E-state index >= 15 is 0 Å². The van der Waals surface area contributed by atoms with Gasteiger partial charge < -0.3 is 19.1 Å². The Balaban J connectivity index is 1.27. The van der Waals surface area contributed by atoms with Crippen molar-refractivity contribution in [2.24, 2.45) is 0 Å². The second-order valence-corrected chi connectivity index (χ2v) is 6.44. The minimum atomic E-state index is -0.0899. The third-order valence-corrected chi connectivity index (χ3v) is 4.81. The molecule has 2 aromatic heterocycles. The molecule has 0 atom stereocenters. The number of ether oxygens (including phenoxy) is 1. The van der Waals surface area contributed by atoms with Crippen LogP contribution in [0.5, 0.6) is 0 Å². The maximum absolute atomic E-state index is 12.7. The molecule has 0 saturated carbocycles. The molecule has 0 bridgehead atoms. The molecule has 2 aromatic rings. The van der Waals surface area contributed by atoms with Crippen molar-refractivity contribution < 1.29 is 14.1 Å². The average molecular weight is 361 g/mol. The molecule has 2 saturated heterocycles. The Morgan fingerprint density at radius 3 is 2.62 bits per heavy atom. The van der Waals surface area contributed by atoms with Crippen LogP contribution in [0.15, 0.2) is 23.2 Å². The minimum absolute atomic E-state index is 0.0899. The van der Waals surface area contributed by atoms with Crippen molar-refractivity contribution >= 4 is 11.7 Å². The Bertz CT molecular complexity index is 703. The van der Waals surface area contributed by atoms with Gasteiger partial charge in [0.15, 0.2) is 5.82 Å². The minimum Gasteiger partial charge on any atom is -0.378 e. The fraction of sp³-hybridized carbons (Fsp3) is 0.625. The molecule has 0 aromatic carbocycles. The molecule has 10 heteroatoms. The predicted molar refractivity (Wildman–Crippen MR) is 91.9 cm³/mol. The van der Waals surface area contributed by atoms with Crippen molar-refractivity contribution in [3.8, 4) is 0 Å². The summed E-state index contributed by atoms with van der Waals surface area (Å²) in [6, 6.07) is 1.74. The predicted octanol–water partition coefficient (Wildman–Crippen LogP) is -0.439. The molecule has 0 spiro atoms. The van der Waals surface area contributed by atoms with Crippen LogP contribution < -0.4 is 4.90 Å². The largest absolute Gasteiger partial charge is 0.378 e. The Morgan fingerprint density at radius 2 is 1.88 bits per heavy atom. The summed E-state index contributed by atoms with van der Waals surface area (Å²) >= 11 is 0. The van der Waals surface area contributed by atoms with Gasteiger partial charge in [-0.05, 0) is 0 Å². The van der Waals surface area contributed by atoms with Crippen LogP contribution in [0.2, 0.25) is 0 Å². The zero-order chi connectivity index (χ0) is 17.8. The van der Waals surface area contributed by atoms with Crippen LogP contribution in [0.4, 0.5) is 5.82 Å². The zero-order valence-corrected chi connectivity index (χ0v) is 14.7. The highest BCUT2D eigenvalue weighted by Crippen LogP contribution is 2.18. The second kappa shape index (κ2) is 7.83. The highest BCUT2D eigenvalue weighted by atomic mass is 16.5. The van der Waals surface area contributed by atoms with Crippen molar-refractivity contribution in [2.75, 3.05) is 63.9 Å². The highest BCUT2D eigenvalue weighted by Gasteiger charge is 2.26. The van der Waals surface area contributed by atoms with E-state index in [0.29, 0.717) is 37.9 Å². The van der Waals surface area contributed by atoms with Gasteiger partial charge >= 0.3 is 0 Å². The maximum atomic E-state index is 12.7. The summed E-state index contributed by atoms with van der Waals surface area (Å²) in [5.41, 5.74) is 0. The SMILES string of the molecule is O=C(c1cc(N2CCOCC2)no1)N1CCN(CCn2cncn2)CC1. The summed E-state index contributed by atoms with van der Waals surface area (Å²) in [5.74, 6) is 0.929. The first-order valence-corrected chi connectivity index (χ1v) is 8.93. The zero-order valence-electron chi connectivity index (χ0n) is 14.7. The van der Waals surface area contributed by atoms with Crippen LogP contribution in [-0.2, 0) is 11.3 Å². The molecule has 10 nitrogen and oxygen atoms in total. The third kappa shape index (κ3) is 3.86. The Kier molecular flexibility index (Phi) is 5.12. The quantitative estimate of drug-likeness (QED) is 0.708. The number of aromatic nitrogens is 4. The summed E-state index contributed by atoms with van der Waals surface area (Å²) in [5, 5.41) is 8.16. The number of hydrogen-bond acceptors (Lipinski definition) is 8. The molecule has 0 unspecified atom stereocenters. The number of rotatable bonds is 5. The Hall–Kier alpha value is -2.46. The maximum Gasteiger partial charge on any atom is 0.292 e. The average Bonchev–Trinajstić information content (AvgIpc) is 3.39. The van der Waals surface area contributed by atoms with E-state index in [2.05, 4.69) is 25.0 Å². The standard InChI is InChI=1S/C16H23N7O3/c24-16(14-11-15(19-26-14)21-7-9-25-10-8-21)22-4-1-20(2-5-22)3-6-23-13-17-12-18-23/h11-13H,1-10H2. The number of nitrogens with zero attached hydrogens (tertiary/aromatic N) is 7. The van der Waals surface area contributed by atoms with Crippen molar-refractivity contribution in [3.63, 3.8) is 0 Å². The van der Waals surface area contributed by atoms with E-state index < -0.39 is 0 Å². The van der Waals surface area contributed by atoms with Crippen molar-refractivity contribution in [2.45, 2.75) is 6.54 Å². The van der Waals surface area contributed by atoms with Gasteiger partial charge in [0, 0.05) is 51.9 Å². The fourth-order valence-electron chi connectivity index (χ4n) is 3.23. The lowest BCUT2D eigenvalue weighted by molar-refractivity contribution is 0.0592. The number of carbonyl (C=O) groups is 1. The van der Waals surface area contributed by atoms with Gasteiger partial charge in [-0.2, -0.15) is 5.10 Å². The van der Waals surface area contributed by atoms with Gasteiger partial charge in [-0.1, -0.05) is 5.16 Å². The summed E-state index contributed by atoms with van der Waals surface area (Å²) in [6.45, 7) is 7.63. The highest BCUT2D eigenvalue weighted by molar-refractivity contribution is 5.92. The van der Waals surface area contributed by atoms with Gasteiger partial charge in [0.1, 0.15) is 12.7 Å². The van der Waals surface area contributed by atoms with Crippen molar-refractivity contribution in [3.05, 3.63) is 24.5 Å². The number of morpholine rings is 1. The van der Waals surface area contributed by atoms with Gasteiger partial charge in [0.2, 0.25) is 5.76 Å². The summed E-state index contributed by atoms with van der Waals surface area (Å²) in [7, 11) is 0. The normalized spacial score (nSPS) is 19.1.